The maximum absolute atomic E-state index is 13.1. The largest absolute Gasteiger partial charge is 0.465 e. The van der Waals surface area contributed by atoms with Gasteiger partial charge in [-0.1, -0.05) is 17.7 Å². The molecule has 0 radical (unpaired) electrons. The van der Waals surface area contributed by atoms with Gasteiger partial charge in [0.15, 0.2) is 0 Å². The predicted octanol–water partition coefficient (Wildman–Crippen LogP) is 5.69. The zero-order chi connectivity index (χ0) is 26.7. The second kappa shape index (κ2) is 13.9. The van der Waals surface area contributed by atoms with Crippen molar-refractivity contribution in [2.24, 2.45) is 0 Å². The fraction of sp³-hybridized carbons (Fsp3) is 0.333. The highest BCUT2D eigenvalue weighted by molar-refractivity contribution is 7.57. The number of carbonyl (C=O) groups excluding carboxylic acids is 2. The number of amides is 1. The van der Waals surface area contributed by atoms with Crippen LogP contribution in [0.1, 0.15) is 42.3 Å². The van der Waals surface area contributed by atoms with Crippen molar-refractivity contribution in [2.45, 2.75) is 27.3 Å². The number of hydrogen-bond donors (Lipinski definition) is 0. The quantitative estimate of drug-likeness (QED) is 0.138. The monoisotopic (exact) mass is 538 g/mol. The molecule has 36 heavy (non-hydrogen) atoms. The van der Waals surface area contributed by atoms with Crippen LogP contribution in [0.2, 0.25) is 5.02 Å². The van der Waals surface area contributed by atoms with Gasteiger partial charge in [-0.05, 0) is 62.7 Å². The molecule has 12 heteroatoms. The van der Waals surface area contributed by atoms with E-state index in [1.165, 1.54) is 48.3 Å². The molecule has 10 nitrogen and oxygen atoms in total. The first-order valence-corrected chi connectivity index (χ1v) is 13.2. The van der Waals surface area contributed by atoms with E-state index in [0.29, 0.717) is 10.6 Å². The fourth-order valence-corrected chi connectivity index (χ4v) is 4.64. The first kappa shape index (κ1) is 29.2. The summed E-state index contributed by atoms with van der Waals surface area (Å²) in [7, 11) is -3.50. The number of esters is 1. The summed E-state index contributed by atoms with van der Waals surface area (Å²) >= 11 is 5.90. The summed E-state index contributed by atoms with van der Waals surface area (Å²) in [4.78, 5) is 37.7. The maximum Gasteiger partial charge on any atom is 0.354 e. The van der Waals surface area contributed by atoms with Crippen LogP contribution in [0.5, 0.6) is 0 Å². The van der Waals surface area contributed by atoms with Gasteiger partial charge in [0.05, 0.1) is 31.3 Å². The normalized spacial score (nSPS) is 11.4. The lowest BCUT2D eigenvalue weighted by atomic mass is 10.1. The van der Waals surface area contributed by atoms with E-state index in [9.17, 15) is 24.3 Å². The van der Waals surface area contributed by atoms with E-state index >= 15 is 0 Å². The van der Waals surface area contributed by atoms with E-state index in [-0.39, 0.29) is 43.2 Å². The van der Waals surface area contributed by atoms with Crippen molar-refractivity contribution in [1.82, 2.24) is 4.90 Å². The standard InChI is InChI=1S/C24H28ClN2O8P/c1-4-33-23(28)17-26(24(29)19-9-11-21(25)12-10-19)16-20-8-7-18(15-22(20)27(30)31)13-14-36(32,34-5-2)35-6-3/h7-15H,4-6,16-17H2,1-3H3. The molecule has 0 aromatic heterocycles. The zero-order valence-electron chi connectivity index (χ0n) is 20.2. The smallest absolute Gasteiger partial charge is 0.354 e. The summed E-state index contributed by atoms with van der Waals surface area (Å²) in [5.74, 6) is 0.0764. The van der Waals surface area contributed by atoms with Gasteiger partial charge >= 0.3 is 13.6 Å². The van der Waals surface area contributed by atoms with Gasteiger partial charge in [0, 0.05) is 28.0 Å². The zero-order valence-corrected chi connectivity index (χ0v) is 21.9. The second-order valence-corrected chi connectivity index (χ2v) is 9.64. The van der Waals surface area contributed by atoms with Gasteiger partial charge < -0.3 is 18.7 Å². The Labute approximate surface area is 214 Å². The van der Waals surface area contributed by atoms with Gasteiger partial charge in [-0.3, -0.25) is 24.3 Å². The van der Waals surface area contributed by atoms with Gasteiger partial charge in [0.25, 0.3) is 11.6 Å². The first-order valence-electron chi connectivity index (χ1n) is 11.2. The minimum Gasteiger partial charge on any atom is -0.465 e. The third-order valence-corrected chi connectivity index (χ3v) is 6.74. The lowest BCUT2D eigenvalue weighted by molar-refractivity contribution is -0.385. The van der Waals surface area contributed by atoms with E-state index in [4.69, 9.17) is 25.4 Å². The summed E-state index contributed by atoms with van der Waals surface area (Å²) in [6, 6.07) is 10.4. The van der Waals surface area contributed by atoms with Crippen molar-refractivity contribution < 1.29 is 32.9 Å². The molecule has 0 bridgehead atoms. The Morgan fingerprint density at radius 2 is 1.69 bits per heavy atom. The van der Waals surface area contributed by atoms with Crippen LogP contribution in [0.15, 0.2) is 48.3 Å². The number of nitro benzene ring substituents is 1. The number of hydrogen-bond acceptors (Lipinski definition) is 8. The molecule has 2 aromatic carbocycles. The predicted molar refractivity (Wildman–Crippen MR) is 136 cm³/mol. The van der Waals surface area contributed by atoms with Gasteiger partial charge in [0.2, 0.25) is 0 Å². The van der Waals surface area contributed by atoms with Crippen molar-refractivity contribution >= 4 is 42.8 Å². The molecule has 0 saturated heterocycles. The third-order valence-electron chi connectivity index (χ3n) is 4.74. The van der Waals surface area contributed by atoms with E-state index in [1.807, 2.05) is 0 Å². The van der Waals surface area contributed by atoms with Crippen LogP contribution in [-0.4, -0.2) is 48.1 Å². The highest BCUT2D eigenvalue weighted by atomic mass is 35.5. The molecule has 0 aliphatic carbocycles. The molecule has 0 N–H and O–H groups in total. The molecular weight excluding hydrogens is 511 g/mol. The number of nitrogens with zero attached hydrogens (tertiary/aromatic N) is 2. The van der Waals surface area contributed by atoms with Crippen molar-refractivity contribution in [3.05, 3.63) is 80.1 Å². The number of nitro groups is 1. The Morgan fingerprint density at radius 1 is 1.06 bits per heavy atom. The summed E-state index contributed by atoms with van der Waals surface area (Å²) in [6.45, 7) is 4.81. The van der Waals surface area contributed by atoms with Crippen molar-refractivity contribution in [3.63, 3.8) is 0 Å². The molecule has 0 atom stereocenters. The fourth-order valence-electron chi connectivity index (χ4n) is 3.19. The van der Waals surface area contributed by atoms with Gasteiger partial charge in [-0.15, -0.1) is 0 Å². The maximum atomic E-state index is 13.1. The van der Waals surface area contributed by atoms with Crippen LogP contribution in [0.25, 0.3) is 6.08 Å². The molecule has 0 aliphatic rings. The van der Waals surface area contributed by atoms with E-state index in [2.05, 4.69) is 0 Å². The lowest BCUT2D eigenvalue weighted by Crippen LogP contribution is -2.36. The summed E-state index contributed by atoms with van der Waals surface area (Å²) in [6.07, 6.45) is 1.41. The second-order valence-electron chi connectivity index (χ2n) is 7.31. The van der Waals surface area contributed by atoms with Crippen molar-refractivity contribution in [1.29, 1.82) is 0 Å². The van der Waals surface area contributed by atoms with Crippen LogP contribution < -0.4 is 0 Å². The molecule has 194 valence electrons. The molecular formula is C24H28ClN2O8P. The molecule has 0 spiro atoms. The number of rotatable bonds is 13. The Morgan fingerprint density at radius 3 is 2.25 bits per heavy atom. The SMILES string of the molecule is CCOC(=O)CN(Cc1ccc(C=CP(=O)(OCC)OCC)cc1[N+](=O)[O-])C(=O)c1ccc(Cl)cc1. The number of benzene rings is 2. The molecule has 2 aromatic rings. The van der Waals surface area contributed by atoms with E-state index in [0.717, 1.165) is 4.90 Å². The molecule has 2 rings (SSSR count). The Balaban J connectivity index is 2.39. The average molecular weight is 539 g/mol. The van der Waals surface area contributed by atoms with Crippen molar-refractivity contribution in [3.8, 4) is 0 Å². The average Bonchev–Trinajstić information content (AvgIpc) is 2.83. The molecule has 0 unspecified atom stereocenters. The topological polar surface area (TPSA) is 125 Å². The summed E-state index contributed by atoms with van der Waals surface area (Å²) in [5, 5.41) is 12.3. The minimum atomic E-state index is -3.50. The van der Waals surface area contributed by atoms with Gasteiger partial charge in [-0.25, -0.2) is 0 Å². The van der Waals surface area contributed by atoms with Gasteiger partial charge in [-0.2, -0.15) is 0 Å². The highest BCUT2D eigenvalue weighted by Gasteiger charge is 2.24. The number of ether oxygens (including phenoxy) is 1. The molecule has 1 amide bonds. The minimum absolute atomic E-state index is 0.121. The highest BCUT2D eigenvalue weighted by Crippen LogP contribution is 2.50. The van der Waals surface area contributed by atoms with Crippen LogP contribution in [0.4, 0.5) is 5.69 Å². The number of carbonyl (C=O) groups is 2. The Hall–Kier alpha value is -3.04. The van der Waals surface area contributed by atoms with Crippen LogP contribution in [0.3, 0.4) is 0 Å². The Bertz CT molecular complexity index is 1140. The molecule has 0 fully saturated rings. The molecule has 0 aliphatic heterocycles. The van der Waals surface area contributed by atoms with Crippen LogP contribution in [0, 0.1) is 10.1 Å². The molecule has 0 heterocycles. The summed E-state index contributed by atoms with van der Waals surface area (Å²) in [5.41, 5.74) is 0.554. The third kappa shape index (κ3) is 8.57. The van der Waals surface area contributed by atoms with E-state index in [1.54, 1.807) is 26.8 Å². The lowest BCUT2D eigenvalue weighted by Gasteiger charge is -2.22. The first-order chi connectivity index (χ1) is 17.1. The van der Waals surface area contributed by atoms with Crippen LogP contribution >= 0.6 is 19.2 Å². The molecule has 0 saturated carbocycles. The van der Waals surface area contributed by atoms with Crippen molar-refractivity contribution in [2.75, 3.05) is 26.4 Å². The Kier molecular flexibility index (Phi) is 11.3. The van der Waals surface area contributed by atoms with Gasteiger partial charge in [0.1, 0.15) is 6.54 Å². The number of halogens is 1. The van der Waals surface area contributed by atoms with Crippen LogP contribution in [-0.2, 0) is 29.7 Å². The summed E-state index contributed by atoms with van der Waals surface area (Å²) < 4.78 is 28.0. The van der Waals surface area contributed by atoms with E-state index < -0.39 is 30.9 Å².